The first-order valence-corrected chi connectivity index (χ1v) is 28.1. The topological polar surface area (TPSA) is 95.9 Å². The molecule has 0 fully saturated rings. The van der Waals surface area contributed by atoms with Gasteiger partial charge in [0.05, 0.1) is 25.4 Å². The van der Waals surface area contributed by atoms with Crippen molar-refractivity contribution in [1.29, 1.82) is 0 Å². The smallest absolute Gasteiger partial charge is 0.305 e. The summed E-state index contributed by atoms with van der Waals surface area (Å²) < 4.78 is 5.46. The third-order valence-corrected chi connectivity index (χ3v) is 13.0. The molecular weight excluding hydrogens is 779 g/mol. The number of hydrogen-bond donors (Lipinski definition) is 3. The molecular formula is C57H109NO5. The third-order valence-electron chi connectivity index (χ3n) is 13.0. The molecule has 0 rings (SSSR count). The van der Waals surface area contributed by atoms with Crippen molar-refractivity contribution in [1.82, 2.24) is 5.32 Å². The van der Waals surface area contributed by atoms with Gasteiger partial charge < -0.3 is 20.3 Å². The van der Waals surface area contributed by atoms with E-state index in [1.807, 2.05) is 0 Å². The zero-order valence-electron chi connectivity index (χ0n) is 42.3. The first kappa shape index (κ1) is 61.3. The molecule has 6 nitrogen and oxygen atoms in total. The Morgan fingerprint density at radius 3 is 1.16 bits per heavy atom. The Kier molecular flexibility index (Phi) is 51.6. The molecule has 0 saturated heterocycles. The lowest BCUT2D eigenvalue weighted by Gasteiger charge is -2.22. The Balaban J connectivity index is 3.40. The number of unbranched alkanes of at least 4 members (excludes halogenated alkanes) is 37. The Bertz CT molecular complexity index is 982. The summed E-state index contributed by atoms with van der Waals surface area (Å²) in [5.74, 6) is -0.0409. The van der Waals surface area contributed by atoms with Crippen LogP contribution in [0.1, 0.15) is 303 Å². The zero-order chi connectivity index (χ0) is 45.8. The molecule has 0 aromatic heterocycles. The van der Waals surface area contributed by atoms with Crippen molar-refractivity contribution in [3.63, 3.8) is 0 Å². The fraction of sp³-hybridized carbons (Fsp3) is 0.895. The largest absolute Gasteiger partial charge is 0.466 e. The van der Waals surface area contributed by atoms with Crippen LogP contribution in [0.15, 0.2) is 24.3 Å². The summed E-state index contributed by atoms with van der Waals surface area (Å²) in [5, 5.41) is 23.2. The third kappa shape index (κ3) is 49.6. The summed E-state index contributed by atoms with van der Waals surface area (Å²) in [6.07, 6.45) is 63.1. The number of amides is 1. The molecule has 0 saturated carbocycles. The first-order valence-electron chi connectivity index (χ1n) is 28.1. The van der Waals surface area contributed by atoms with Crippen LogP contribution in [0.25, 0.3) is 0 Å². The average Bonchev–Trinajstić information content (AvgIpc) is 3.28. The molecule has 0 aliphatic carbocycles. The maximum Gasteiger partial charge on any atom is 0.305 e. The van der Waals surface area contributed by atoms with E-state index in [2.05, 4.69) is 43.5 Å². The molecule has 6 heteroatoms. The first-order chi connectivity index (χ1) is 31.0. The number of carbonyl (C=O) groups is 2. The van der Waals surface area contributed by atoms with Gasteiger partial charge in [-0.05, 0) is 77.0 Å². The molecule has 0 aliphatic heterocycles. The van der Waals surface area contributed by atoms with Crippen molar-refractivity contribution < 1.29 is 24.5 Å². The minimum atomic E-state index is -0.666. The van der Waals surface area contributed by atoms with Gasteiger partial charge in [-0.15, -0.1) is 0 Å². The van der Waals surface area contributed by atoms with Crippen LogP contribution in [0.2, 0.25) is 0 Å². The van der Waals surface area contributed by atoms with Crippen LogP contribution in [0.3, 0.4) is 0 Å². The van der Waals surface area contributed by atoms with E-state index in [1.165, 1.54) is 225 Å². The van der Waals surface area contributed by atoms with Crippen molar-refractivity contribution in [2.24, 2.45) is 0 Å². The lowest BCUT2D eigenvalue weighted by Crippen LogP contribution is -2.45. The van der Waals surface area contributed by atoms with Crippen molar-refractivity contribution in [3.8, 4) is 0 Å². The molecule has 0 bridgehead atoms. The summed E-state index contributed by atoms with van der Waals surface area (Å²) >= 11 is 0. The van der Waals surface area contributed by atoms with E-state index in [-0.39, 0.29) is 18.5 Å². The maximum absolute atomic E-state index is 12.4. The predicted octanol–water partition coefficient (Wildman–Crippen LogP) is 17.1. The van der Waals surface area contributed by atoms with Crippen LogP contribution in [-0.2, 0) is 14.3 Å². The van der Waals surface area contributed by atoms with Crippen molar-refractivity contribution in [2.45, 2.75) is 315 Å². The highest BCUT2D eigenvalue weighted by molar-refractivity contribution is 5.76. The Morgan fingerprint density at radius 1 is 0.429 bits per heavy atom. The highest BCUT2D eigenvalue weighted by atomic mass is 16.5. The number of aliphatic hydroxyl groups excluding tert-OH is 2. The molecule has 0 aliphatic rings. The second kappa shape index (κ2) is 53.0. The molecule has 1 amide bonds. The van der Waals surface area contributed by atoms with Crippen LogP contribution in [0.5, 0.6) is 0 Å². The molecule has 2 atom stereocenters. The number of ether oxygens (including phenoxy) is 1. The SMILES string of the molecule is CCCCC/C=C\CCCCCCCC(=O)OCCCCCCCCCCCCCC/C=C\CCCCCCCCCC(=O)NC(CO)C(O)CCCCCCCCCCCCC. The number of hydrogen-bond acceptors (Lipinski definition) is 5. The van der Waals surface area contributed by atoms with Gasteiger partial charge in [0.25, 0.3) is 0 Å². The Hall–Kier alpha value is -1.66. The van der Waals surface area contributed by atoms with Crippen LogP contribution < -0.4 is 5.32 Å². The van der Waals surface area contributed by atoms with Gasteiger partial charge in [-0.2, -0.15) is 0 Å². The fourth-order valence-electron chi connectivity index (χ4n) is 8.63. The molecule has 0 aromatic rings. The lowest BCUT2D eigenvalue weighted by atomic mass is 10.0. The number of aliphatic hydroxyl groups is 2. The second-order valence-electron chi connectivity index (χ2n) is 19.3. The highest BCUT2D eigenvalue weighted by Crippen LogP contribution is 2.16. The van der Waals surface area contributed by atoms with Gasteiger partial charge in [0, 0.05) is 12.8 Å². The number of rotatable bonds is 52. The molecule has 0 heterocycles. The predicted molar refractivity (Wildman–Crippen MR) is 273 cm³/mol. The number of allylic oxidation sites excluding steroid dienone is 4. The van der Waals surface area contributed by atoms with Gasteiger partial charge in [-0.3, -0.25) is 9.59 Å². The summed E-state index contributed by atoms with van der Waals surface area (Å²) in [6, 6.07) is -0.544. The van der Waals surface area contributed by atoms with Gasteiger partial charge in [0.15, 0.2) is 0 Å². The van der Waals surface area contributed by atoms with Crippen LogP contribution in [-0.4, -0.2) is 47.4 Å². The quantitative estimate of drug-likeness (QED) is 0.0321. The van der Waals surface area contributed by atoms with E-state index in [9.17, 15) is 19.8 Å². The zero-order valence-corrected chi connectivity index (χ0v) is 42.3. The monoisotopic (exact) mass is 888 g/mol. The summed E-state index contributed by atoms with van der Waals surface area (Å²) in [4.78, 5) is 24.4. The molecule has 0 spiro atoms. The molecule has 0 aromatic carbocycles. The van der Waals surface area contributed by atoms with Gasteiger partial charge in [-0.1, -0.05) is 237 Å². The minimum Gasteiger partial charge on any atom is -0.466 e. The summed E-state index contributed by atoms with van der Waals surface area (Å²) in [5.41, 5.74) is 0. The summed E-state index contributed by atoms with van der Waals surface area (Å²) in [6.45, 7) is 4.92. The van der Waals surface area contributed by atoms with Crippen molar-refractivity contribution in [2.75, 3.05) is 13.2 Å². The van der Waals surface area contributed by atoms with Gasteiger partial charge in [0.1, 0.15) is 0 Å². The Morgan fingerprint density at radius 2 is 0.746 bits per heavy atom. The van der Waals surface area contributed by atoms with Gasteiger partial charge in [0.2, 0.25) is 5.91 Å². The molecule has 3 N–H and O–H groups in total. The van der Waals surface area contributed by atoms with Crippen molar-refractivity contribution >= 4 is 11.9 Å². The van der Waals surface area contributed by atoms with E-state index >= 15 is 0 Å². The minimum absolute atomic E-state index is 0.00122. The number of nitrogens with one attached hydrogen (secondary N) is 1. The normalized spacial score (nSPS) is 12.8. The molecule has 372 valence electrons. The molecule has 63 heavy (non-hydrogen) atoms. The standard InChI is InChI=1S/C57H109NO5/c1-3-5-7-9-11-13-15-31-35-39-43-47-51-57(62)63-52-48-44-40-36-32-28-26-24-22-20-18-16-17-19-21-23-25-27-30-34-38-42-46-50-56(61)58-54(53-59)55(60)49-45-41-37-33-29-14-12-10-8-6-4-2/h11,13,19,21,54-55,59-60H,3-10,12,14-18,20,22-53H2,1-2H3,(H,58,61)/b13-11-,21-19-. The van der Waals surface area contributed by atoms with E-state index in [4.69, 9.17) is 4.74 Å². The fourth-order valence-corrected chi connectivity index (χ4v) is 8.63. The second-order valence-corrected chi connectivity index (χ2v) is 19.3. The highest BCUT2D eigenvalue weighted by Gasteiger charge is 2.20. The Labute approximate surface area is 392 Å². The maximum atomic E-state index is 12.4. The van der Waals surface area contributed by atoms with Crippen LogP contribution >= 0.6 is 0 Å². The van der Waals surface area contributed by atoms with Crippen molar-refractivity contribution in [3.05, 3.63) is 24.3 Å². The summed E-state index contributed by atoms with van der Waals surface area (Å²) in [7, 11) is 0. The average molecular weight is 889 g/mol. The number of esters is 1. The van der Waals surface area contributed by atoms with E-state index < -0.39 is 12.1 Å². The lowest BCUT2D eigenvalue weighted by molar-refractivity contribution is -0.143. The van der Waals surface area contributed by atoms with E-state index in [1.54, 1.807) is 0 Å². The van der Waals surface area contributed by atoms with Crippen LogP contribution in [0.4, 0.5) is 0 Å². The van der Waals surface area contributed by atoms with Crippen LogP contribution in [0, 0.1) is 0 Å². The molecule has 0 radical (unpaired) electrons. The van der Waals surface area contributed by atoms with E-state index in [0.29, 0.717) is 25.9 Å². The number of carbonyl (C=O) groups excluding carboxylic acids is 2. The van der Waals surface area contributed by atoms with Gasteiger partial charge in [-0.25, -0.2) is 0 Å². The van der Waals surface area contributed by atoms with E-state index in [0.717, 1.165) is 44.9 Å². The molecule has 2 unspecified atom stereocenters. The van der Waals surface area contributed by atoms with Gasteiger partial charge >= 0.3 is 5.97 Å².